The Morgan fingerprint density at radius 3 is 2.82 bits per heavy atom. The zero-order valence-electron chi connectivity index (χ0n) is 6.54. The normalized spacial score (nSPS) is 10.2. The fourth-order valence-corrected chi connectivity index (χ4v) is 0.877. The van der Waals surface area contributed by atoms with Gasteiger partial charge in [-0.25, -0.2) is 4.98 Å². The van der Waals surface area contributed by atoms with Crippen molar-refractivity contribution in [2.75, 3.05) is 0 Å². The van der Waals surface area contributed by atoms with Crippen LogP contribution in [0.2, 0.25) is 5.15 Å². The zero-order valence-corrected chi connectivity index (χ0v) is 7.30. The van der Waals surface area contributed by atoms with Crippen molar-refractivity contribution in [3.63, 3.8) is 0 Å². The minimum absolute atomic E-state index is 0.136. The fraction of sp³-hybridized carbons (Fsp3) is 0.375. The monoisotopic (exact) mass is 171 g/mol. The molecule has 1 heterocycles. The number of aromatic nitrogens is 1. The SMILES string of the molecule is CC(C)Oc1cccnc1Cl. The Labute approximate surface area is 71.2 Å². The molecule has 0 atom stereocenters. The van der Waals surface area contributed by atoms with Crippen molar-refractivity contribution in [3.8, 4) is 5.75 Å². The maximum Gasteiger partial charge on any atom is 0.171 e. The summed E-state index contributed by atoms with van der Waals surface area (Å²) < 4.78 is 5.35. The molecule has 0 fully saturated rings. The highest BCUT2D eigenvalue weighted by Crippen LogP contribution is 2.21. The van der Waals surface area contributed by atoms with E-state index in [4.69, 9.17) is 16.3 Å². The quantitative estimate of drug-likeness (QED) is 0.638. The Kier molecular flexibility index (Phi) is 2.71. The van der Waals surface area contributed by atoms with Crippen LogP contribution in [0, 0.1) is 0 Å². The van der Waals surface area contributed by atoms with E-state index in [0.29, 0.717) is 10.9 Å². The molecule has 0 saturated carbocycles. The van der Waals surface area contributed by atoms with Crippen molar-refractivity contribution in [2.24, 2.45) is 0 Å². The molecule has 0 spiro atoms. The van der Waals surface area contributed by atoms with Crippen molar-refractivity contribution < 1.29 is 4.74 Å². The standard InChI is InChI=1S/C8H10ClNO/c1-6(2)11-7-4-3-5-10-8(7)9/h3-6H,1-2H3. The van der Waals surface area contributed by atoms with Gasteiger partial charge in [0.2, 0.25) is 0 Å². The molecule has 0 aromatic carbocycles. The van der Waals surface area contributed by atoms with Gasteiger partial charge in [-0.05, 0) is 26.0 Å². The lowest BCUT2D eigenvalue weighted by Gasteiger charge is -2.09. The third-order valence-corrected chi connectivity index (χ3v) is 1.37. The lowest BCUT2D eigenvalue weighted by atomic mass is 10.4. The summed E-state index contributed by atoms with van der Waals surface area (Å²) in [6, 6.07) is 3.60. The van der Waals surface area contributed by atoms with Crippen molar-refractivity contribution >= 4 is 11.6 Å². The summed E-state index contributed by atoms with van der Waals surface area (Å²) in [6.07, 6.45) is 1.77. The van der Waals surface area contributed by atoms with Crippen molar-refractivity contribution in [1.29, 1.82) is 0 Å². The van der Waals surface area contributed by atoms with Crippen LogP contribution < -0.4 is 4.74 Å². The van der Waals surface area contributed by atoms with E-state index in [1.54, 1.807) is 18.3 Å². The fourth-order valence-electron chi connectivity index (χ4n) is 0.713. The minimum atomic E-state index is 0.136. The molecule has 0 bridgehead atoms. The predicted molar refractivity (Wildman–Crippen MR) is 45.0 cm³/mol. The summed E-state index contributed by atoms with van der Waals surface area (Å²) in [5.41, 5.74) is 0. The van der Waals surface area contributed by atoms with E-state index >= 15 is 0 Å². The Morgan fingerprint density at radius 2 is 2.27 bits per heavy atom. The molecule has 60 valence electrons. The topological polar surface area (TPSA) is 22.1 Å². The van der Waals surface area contributed by atoms with Crippen LogP contribution in [0.1, 0.15) is 13.8 Å². The summed E-state index contributed by atoms with van der Waals surface area (Å²) >= 11 is 5.73. The van der Waals surface area contributed by atoms with Gasteiger partial charge in [-0.3, -0.25) is 0 Å². The summed E-state index contributed by atoms with van der Waals surface area (Å²) in [5.74, 6) is 0.643. The molecule has 0 radical (unpaired) electrons. The number of pyridine rings is 1. The molecule has 1 aromatic heterocycles. The second kappa shape index (κ2) is 3.58. The first-order valence-electron chi connectivity index (χ1n) is 3.47. The Bertz CT molecular complexity index is 237. The molecule has 3 heteroatoms. The predicted octanol–water partition coefficient (Wildman–Crippen LogP) is 2.52. The van der Waals surface area contributed by atoms with Gasteiger partial charge in [0.1, 0.15) is 0 Å². The molecule has 0 N–H and O–H groups in total. The summed E-state index contributed by atoms with van der Waals surface area (Å²) in [5, 5.41) is 0.418. The minimum Gasteiger partial charge on any atom is -0.488 e. The van der Waals surface area contributed by atoms with E-state index in [0.717, 1.165) is 0 Å². The second-order valence-electron chi connectivity index (χ2n) is 2.46. The third kappa shape index (κ3) is 2.39. The van der Waals surface area contributed by atoms with E-state index in [1.807, 2.05) is 13.8 Å². The summed E-state index contributed by atoms with van der Waals surface area (Å²) in [7, 11) is 0. The molecule has 0 saturated heterocycles. The molecule has 0 amide bonds. The Balaban J connectivity index is 2.78. The van der Waals surface area contributed by atoms with E-state index in [-0.39, 0.29) is 6.10 Å². The van der Waals surface area contributed by atoms with Crippen molar-refractivity contribution in [2.45, 2.75) is 20.0 Å². The molecular formula is C8H10ClNO. The Hall–Kier alpha value is -0.760. The first kappa shape index (κ1) is 8.34. The smallest absolute Gasteiger partial charge is 0.171 e. The number of hydrogen-bond donors (Lipinski definition) is 0. The van der Waals surface area contributed by atoms with Gasteiger partial charge in [-0.15, -0.1) is 0 Å². The van der Waals surface area contributed by atoms with Crippen LogP contribution in [-0.2, 0) is 0 Å². The average molecular weight is 172 g/mol. The van der Waals surface area contributed by atoms with Crippen LogP contribution in [0.3, 0.4) is 0 Å². The van der Waals surface area contributed by atoms with Gasteiger partial charge in [0, 0.05) is 6.20 Å². The van der Waals surface area contributed by atoms with Gasteiger partial charge in [0.15, 0.2) is 10.9 Å². The highest BCUT2D eigenvalue weighted by Gasteiger charge is 2.01. The van der Waals surface area contributed by atoms with Gasteiger partial charge in [-0.2, -0.15) is 0 Å². The molecule has 11 heavy (non-hydrogen) atoms. The number of halogens is 1. The van der Waals surface area contributed by atoms with Gasteiger partial charge in [0.05, 0.1) is 6.10 Å². The van der Waals surface area contributed by atoms with E-state index < -0.39 is 0 Å². The van der Waals surface area contributed by atoms with E-state index in [2.05, 4.69) is 4.98 Å². The van der Waals surface area contributed by atoms with Crippen LogP contribution in [0.25, 0.3) is 0 Å². The van der Waals surface area contributed by atoms with Crippen LogP contribution in [0.5, 0.6) is 5.75 Å². The van der Waals surface area contributed by atoms with Crippen molar-refractivity contribution in [3.05, 3.63) is 23.5 Å². The first-order valence-corrected chi connectivity index (χ1v) is 3.85. The Morgan fingerprint density at radius 1 is 1.55 bits per heavy atom. The second-order valence-corrected chi connectivity index (χ2v) is 2.82. The molecule has 0 aliphatic heterocycles. The van der Waals surface area contributed by atoms with Crippen molar-refractivity contribution in [1.82, 2.24) is 4.98 Å². The number of nitrogens with zero attached hydrogens (tertiary/aromatic N) is 1. The zero-order chi connectivity index (χ0) is 8.27. The third-order valence-electron chi connectivity index (χ3n) is 1.09. The summed E-state index contributed by atoms with van der Waals surface area (Å²) in [4.78, 5) is 3.87. The van der Waals surface area contributed by atoms with Gasteiger partial charge in [-0.1, -0.05) is 11.6 Å². The highest BCUT2D eigenvalue weighted by molar-refractivity contribution is 6.30. The van der Waals surface area contributed by atoms with Crippen LogP contribution in [-0.4, -0.2) is 11.1 Å². The number of rotatable bonds is 2. The molecule has 1 aromatic rings. The van der Waals surface area contributed by atoms with E-state index in [9.17, 15) is 0 Å². The first-order chi connectivity index (χ1) is 5.20. The maximum atomic E-state index is 5.73. The maximum absolute atomic E-state index is 5.73. The number of ether oxygens (including phenoxy) is 1. The van der Waals surface area contributed by atoms with Gasteiger partial charge < -0.3 is 4.74 Å². The van der Waals surface area contributed by atoms with Gasteiger partial charge in [0.25, 0.3) is 0 Å². The molecule has 0 aliphatic rings. The van der Waals surface area contributed by atoms with Crippen LogP contribution in [0.15, 0.2) is 18.3 Å². The highest BCUT2D eigenvalue weighted by atomic mass is 35.5. The molecule has 2 nitrogen and oxygen atoms in total. The van der Waals surface area contributed by atoms with Gasteiger partial charge >= 0.3 is 0 Å². The van der Waals surface area contributed by atoms with Crippen LogP contribution in [0.4, 0.5) is 0 Å². The molecular weight excluding hydrogens is 162 g/mol. The van der Waals surface area contributed by atoms with Crippen LogP contribution >= 0.6 is 11.6 Å². The molecule has 1 rings (SSSR count). The van der Waals surface area contributed by atoms with E-state index in [1.165, 1.54) is 0 Å². The summed E-state index contributed by atoms with van der Waals surface area (Å²) in [6.45, 7) is 3.90. The lowest BCUT2D eigenvalue weighted by Crippen LogP contribution is -2.05. The molecule has 0 aliphatic carbocycles. The lowest BCUT2D eigenvalue weighted by molar-refractivity contribution is 0.241. The molecule has 0 unspecified atom stereocenters. The average Bonchev–Trinajstić information content (AvgIpc) is 1.93. The largest absolute Gasteiger partial charge is 0.488 e. The number of hydrogen-bond acceptors (Lipinski definition) is 2.